The summed E-state index contributed by atoms with van der Waals surface area (Å²) >= 11 is 6.18. The molecule has 1 saturated heterocycles. The molecule has 0 unspecified atom stereocenters. The molecular formula is C19H30ClN3O3S. The summed E-state index contributed by atoms with van der Waals surface area (Å²) in [5.74, 6) is 0.0288. The van der Waals surface area contributed by atoms with Crippen LogP contribution in [0.4, 0.5) is 0 Å². The Kier molecular flexibility index (Phi) is 8.09. The minimum absolute atomic E-state index is 0.00894. The van der Waals surface area contributed by atoms with E-state index in [0.717, 1.165) is 32.5 Å². The van der Waals surface area contributed by atoms with Crippen LogP contribution >= 0.6 is 11.6 Å². The number of sulfonamides is 1. The van der Waals surface area contributed by atoms with Crippen molar-refractivity contribution in [3.8, 4) is 0 Å². The molecule has 8 heteroatoms. The van der Waals surface area contributed by atoms with Crippen LogP contribution in [-0.4, -0.2) is 62.8 Å². The van der Waals surface area contributed by atoms with Gasteiger partial charge in [0.15, 0.2) is 0 Å². The topological polar surface area (TPSA) is 69.7 Å². The molecule has 6 nitrogen and oxygen atoms in total. The van der Waals surface area contributed by atoms with Crippen molar-refractivity contribution in [1.82, 2.24) is 14.5 Å². The lowest BCUT2D eigenvalue weighted by molar-refractivity contribution is 0.0948. The summed E-state index contributed by atoms with van der Waals surface area (Å²) in [6.45, 7) is 10.3. The number of carbonyl (C=O) groups is 1. The Hall–Kier alpha value is -1.15. The molecule has 2 rings (SSSR count). The minimum Gasteiger partial charge on any atom is -0.351 e. The summed E-state index contributed by atoms with van der Waals surface area (Å²) in [4.78, 5) is 14.7. The van der Waals surface area contributed by atoms with Gasteiger partial charge in [-0.05, 0) is 50.0 Å². The predicted molar refractivity (Wildman–Crippen MR) is 109 cm³/mol. The summed E-state index contributed by atoms with van der Waals surface area (Å²) in [6, 6.07) is 4.44. The molecule has 1 fully saturated rings. The number of piperidine rings is 1. The zero-order chi connectivity index (χ0) is 20.0. The molecule has 1 aromatic rings. The number of carbonyl (C=O) groups excluding carboxylic acids is 1. The van der Waals surface area contributed by atoms with Crippen LogP contribution in [0.2, 0.25) is 5.02 Å². The van der Waals surface area contributed by atoms with Crippen molar-refractivity contribution >= 4 is 27.5 Å². The summed E-state index contributed by atoms with van der Waals surface area (Å²) in [7, 11) is -3.71. The molecule has 152 valence electrons. The van der Waals surface area contributed by atoms with Gasteiger partial charge in [0.05, 0.1) is 5.02 Å². The maximum atomic E-state index is 13.0. The molecule has 1 amide bonds. The molecule has 0 radical (unpaired) electrons. The molecule has 0 aliphatic carbocycles. The highest BCUT2D eigenvalue weighted by Gasteiger charge is 2.30. The molecule has 1 atom stereocenters. The average molecular weight is 416 g/mol. The number of hydrogen-bond donors (Lipinski definition) is 1. The van der Waals surface area contributed by atoms with Crippen LogP contribution in [0, 0.1) is 5.92 Å². The lowest BCUT2D eigenvalue weighted by atomic mass is 10.0. The van der Waals surface area contributed by atoms with Crippen molar-refractivity contribution in [2.75, 3.05) is 39.3 Å². The minimum atomic E-state index is -3.71. The number of nitrogens with one attached hydrogen (secondary N) is 1. The van der Waals surface area contributed by atoms with E-state index in [9.17, 15) is 13.2 Å². The van der Waals surface area contributed by atoms with E-state index < -0.39 is 10.0 Å². The van der Waals surface area contributed by atoms with Crippen molar-refractivity contribution in [2.45, 2.75) is 38.5 Å². The number of hydrogen-bond acceptors (Lipinski definition) is 4. The fourth-order valence-corrected chi connectivity index (χ4v) is 5.41. The van der Waals surface area contributed by atoms with Gasteiger partial charge in [0.2, 0.25) is 10.0 Å². The molecule has 1 heterocycles. The SMILES string of the molecule is CCN(CC)CCNC(=O)c1ccc(Cl)c(S(=O)(=O)N2CCC[C@@H](C)C2)c1. The average Bonchev–Trinajstić information content (AvgIpc) is 2.65. The van der Waals surface area contributed by atoms with Crippen LogP contribution in [0.25, 0.3) is 0 Å². The molecule has 1 aliphatic rings. The van der Waals surface area contributed by atoms with E-state index in [2.05, 4.69) is 24.1 Å². The third-order valence-electron chi connectivity index (χ3n) is 5.04. The first kappa shape index (κ1) is 22.1. The summed E-state index contributed by atoms with van der Waals surface area (Å²) < 4.78 is 27.5. The maximum absolute atomic E-state index is 13.0. The van der Waals surface area contributed by atoms with Crippen molar-refractivity contribution in [3.63, 3.8) is 0 Å². The highest BCUT2D eigenvalue weighted by Crippen LogP contribution is 2.29. The second-order valence-electron chi connectivity index (χ2n) is 7.04. The smallest absolute Gasteiger partial charge is 0.251 e. The highest BCUT2D eigenvalue weighted by atomic mass is 35.5. The van der Waals surface area contributed by atoms with Gasteiger partial charge in [-0.15, -0.1) is 0 Å². The zero-order valence-electron chi connectivity index (χ0n) is 16.4. The molecule has 0 saturated carbocycles. The van der Waals surface area contributed by atoms with Crippen molar-refractivity contribution in [3.05, 3.63) is 28.8 Å². The van der Waals surface area contributed by atoms with Crippen molar-refractivity contribution in [2.24, 2.45) is 5.92 Å². The van der Waals surface area contributed by atoms with Gasteiger partial charge in [-0.2, -0.15) is 4.31 Å². The largest absolute Gasteiger partial charge is 0.351 e. The van der Waals surface area contributed by atoms with Gasteiger partial charge in [0, 0.05) is 31.7 Å². The Morgan fingerprint density at radius 3 is 2.67 bits per heavy atom. The first-order valence-electron chi connectivity index (χ1n) is 9.59. The van der Waals surface area contributed by atoms with Crippen LogP contribution in [0.5, 0.6) is 0 Å². The number of amides is 1. The Labute approximate surface area is 167 Å². The Morgan fingerprint density at radius 1 is 1.33 bits per heavy atom. The van der Waals surface area contributed by atoms with Crippen LogP contribution < -0.4 is 5.32 Å². The molecule has 1 aliphatic heterocycles. The zero-order valence-corrected chi connectivity index (χ0v) is 17.9. The van der Waals surface area contributed by atoms with Crippen LogP contribution in [-0.2, 0) is 10.0 Å². The molecule has 0 spiro atoms. The Balaban J connectivity index is 2.14. The maximum Gasteiger partial charge on any atom is 0.251 e. The van der Waals surface area contributed by atoms with E-state index >= 15 is 0 Å². The van der Waals surface area contributed by atoms with E-state index in [1.54, 1.807) is 6.07 Å². The van der Waals surface area contributed by atoms with Gasteiger partial charge in [0.25, 0.3) is 5.91 Å². The first-order chi connectivity index (χ1) is 12.8. The predicted octanol–water partition coefficient (Wildman–Crippen LogP) is 2.83. The van der Waals surface area contributed by atoms with E-state index in [0.29, 0.717) is 31.1 Å². The molecule has 0 aromatic heterocycles. The van der Waals surface area contributed by atoms with Gasteiger partial charge >= 0.3 is 0 Å². The quantitative estimate of drug-likeness (QED) is 0.708. The number of halogens is 1. The molecule has 27 heavy (non-hydrogen) atoms. The summed E-state index contributed by atoms with van der Waals surface area (Å²) in [5.41, 5.74) is 0.308. The molecular weight excluding hydrogens is 386 g/mol. The van der Waals surface area contributed by atoms with Crippen molar-refractivity contribution in [1.29, 1.82) is 0 Å². The Bertz CT molecular complexity index is 751. The van der Waals surface area contributed by atoms with E-state index in [-0.39, 0.29) is 15.8 Å². The second-order valence-corrected chi connectivity index (χ2v) is 9.35. The third kappa shape index (κ3) is 5.67. The number of rotatable bonds is 8. The van der Waals surface area contributed by atoms with Gasteiger partial charge in [-0.25, -0.2) is 8.42 Å². The summed E-state index contributed by atoms with van der Waals surface area (Å²) in [5, 5.41) is 3.00. The van der Waals surface area contributed by atoms with Gasteiger partial charge in [-0.1, -0.05) is 32.4 Å². The monoisotopic (exact) mass is 415 g/mol. The van der Waals surface area contributed by atoms with Gasteiger partial charge in [0.1, 0.15) is 4.90 Å². The fraction of sp³-hybridized carbons (Fsp3) is 0.632. The van der Waals surface area contributed by atoms with Crippen LogP contribution in [0.1, 0.15) is 44.0 Å². The normalized spacial score (nSPS) is 18.6. The van der Waals surface area contributed by atoms with Gasteiger partial charge in [-0.3, -0.25) is 4.79 Å². The third-order valence-corrected chi connectivity index (χ3v) is 7.39. The van der Waals surface area contributed by atoms with Crippen LogP contribution in [0.15, 0.2) is 23.1 Å². The van der Waals surface area contributed by atoms with Gasteiger partial charge < -0.3 is 10.2 Å². The van der Waals surface area contributed by atoms with E-state index in [4.69, 9.17) is 11.6 Å². The molecule has 1 N–H and O–H groups in total. The van der Waals surface area contributed by atoms with Crippen LogP contribution in [0.3, 0.4) is 0 Å². The van der Waals surface area contributed by atoms with E-state index in [1.807, 2.05) is 6.92 Å². The highest BCUT2D eigenvalue weighted by molar-refractivity contribution is 7.89. The number of nitrogens with zero attached hydrogens (tertiary/aromatic N) is 2. The lowest BCUT2D eigenvalue weighted by Crippen LogP contribution is -2.39. The molecule has 1 aromatic carbocycles. The number of benzene rings is 1. The second kappa shape index (κ2) is 9.87. The van der Waals surface area contributed by atoms with Crippen molar-refractivity contribution < 1.29 is 13.2 Å². The first-order valence-corrected chi connectivity index (χ1v) is 11.4. The van der Waals surface area contributed by atoms with E-state index in [1.165, 1.54) is 16.4 Å². The fourth-order valence-electron chi connectivity index (χ4n) is 3.32. The number of likely N-dealkylation sites (N-methyl/N-ethyl adjacent to an activating group) is 1. The lowest BCUT2D eigenvalue weighted by Gasteiger charge is -2.30. The summed E-state index contributed by atoms with van der Waals surface area (Å²) in [6.07, 6.45) is 1.86. The standard InChI is InChI=1S/C19H30ClN3O3S/c1-4-22(5-2)12-10-21-19(24)16-8-9-17(20)18(13-16)27(25,26)23-11-6-7-15(3)14-23/h8-9,13,15H,4-7,10-12,14H2,1-3H3,(H,21,24)/t15-/m1/s1. The Morgan fingerprint density at radius 2 is 2.04 bits per heavy atom. The molecule has 0 bridgehead atoms.